The number of furan rings is 1. The van der Waals surface area contributed by atoms with Crippen LogP contribution in [0.25, 0.3) is 12.2 Å². The summed E-state index contributed by atoms with van der Waals surface area (Å²) in [7, 11) is 0. The smallest absolute Gasteiger partial charge is 0.335 e. The largest absolute Gasteiger partial charge is 0.465 e. The number of esters is 1. The Morgan fingerprint density at radius 2 is 2.11 bits per heavy atom. The van der Waals surface area contributed by atoms with E-state index in [0.717, 1.165) is 11.1 Å². The number of hydrogen-bond donors (Lipinski definition) is 0. The molecular formula is C21H20O6. The maximum atomic E-state index is 12.2. The number of rotatable bonds is 3. The molecule has 1 saturated heterocycles. The molecule has 4 rings (SSSR count). The van der Waals surface area contributed by atoms with Gasteiger partial charge in [0.25, 0.3) is 0 Å². The van der Waals surface area contributed by atoms with Crippen molar-refractivity contribution in [1.82, 2.24) is 0 Å². The number of carbonyl (C=O) groups is 1. The van der Waals surface area contributed by atoms with Crippen LogP contribution in [0.1, 0.15) is 37.4 Å². The highest BCUT2D eigenvalue weighted by molar-refractivity contribution is 5.86. The molecule has 2 atom stereocenters. The van der Waals surface area contributed by atoms with E-state index in [1.807, 2.05) is 19.9 Å². The van der Waals surface area contributed by atoms with Gasteiger partial charge >= 0.3 is 11.6 Å². The topological polar surface area (TPSA) is 78.9 Å². The van der Waals surface area contributed by atoms with Crippen molar-refractivity contribution in [3.63, 3.8) is 0 Å². The molecule has 2 aromatic heterocycles. The third kappa shape index (κ3) is 3.66. The zero-order chi connectivity index (χ0) is 19.0. The van der Waals surface area contributed by atoms with Crippen LogP contribution in [0.2, 0.25) is 0 Å². The van der Waals surface area contributed by atoms with Crippen molar-refractivity contribution in [3.05, 3.63) is 69.7 Å². The van der Waals surface area contributed by atoms with Crippen LogP contribution in [0.5, 0.6) is 0 Å². The van der Waals surface area contributed by atoms with Crippen molar-refractivity contribution in [2.75, 3.05) is 0 Å². The molecule has 6 nitrogen and oxygen atoms in total. The highest BCUT2D eigenvalue weighted by atomic mass is 16.6. The Morgan fingerprint density at radius 1 is 1.26 bits per heavy atom. The maximum Gasteiger partial charge on any atom is 0.335 e. The first-order valence-corrected chi connectivity index (χ1v) is 8.84. The van der Waals surface area contributed by atoms with Crippen LogP contribution in [0.4, 0.5) is 0 Å². The fourth-order valence-electron chi connectivity index (χ4n) is 3.45. The molecule has 0 N–H and O–H groups in total. The molecule has 1 unspecified atom stereocenters. The molecule has 6 heteroatoms. The first-order chi connectivity index (χ1) is 12.9. The number of hydrogen-bond acceptors (Lipinski definition) is 6. The predicted octanol–water partition coefficient (Wildman–Crippen LogP) is 3.37. The van der Waals surface area contributed by atoms with Gasteiger partial charge < -0.3 is 18.3 Å². The molecule has 1 aliphatic heterocycles. The molecular weight excluding hydrogens is 348 g/mol. The summed E-state index contributed by atoms with van der Waals surface area (Å²) in [5, 5.41) is 0. The van der Waals surface area contributed by atoms with Crippen LogP contribution in [-0.2, 0) is 20.7 Å². The fraction of sp³-hybridized carbons (Fsp3) is 0.333. The van der Waals surface area contributed by atoms with E-state index >= 15 is 0 Å². The first-order valence-electron chi connectivity index (χ1n) is 8.84. The zero-order valence-corrected chi connectivity index (χ0v) is 15.1. The molecule has 2 aliphatic rings. The second kappa shape index (κ2) is 6.70. The van der Waals surface area contributed by atoms with Crippen LogP contribution in [0.15, 0.2) is 55.8 Å². The summed E-state index contributed by atoms with van der Waals surface area (Å²) in [6, 6.07) is 6.65. The summed E-state index contributed by atoms with van der Waals surface area (Å²) in [5.74, 6) is 0.762. The molecule has 27 heavy (non-hydrogen) atoms. The van der Waals surface area contributed by atoms with E-state index < -0.39 is 17.7 Å². The van der Waals surface area contributed by atoms with Gasteiger partial charge in [0.15, 0.2) is 0 Å². The molecule has 0 amide bonds. The molecule has 1 fully saturated rings. The third-order valence-electron chi connectivity index (χ3n) is 4.90. The zero-order valence-electron chi connectivity index (χ0n) is 15.1. The Labute approximate surface area is 156 Å². The number of fused-ring (bicyclic) bond motifs is 2. The minimum Gasteiger partial charge on any atom is -0.465 e. The quantitative estimate of drug-likeness (QED) is 0.611. The molecule has 2 aromatic rings. The Bertz CT molecular complexity index is 961. The first kappa shape index (κ1) is 17.5. The SMILES string of the molecule is CC1(C)OC2Cc3oc(=O)ccc3C=C2C[C@@H]1OC(=O)/C=C/c1ccco1. The van der Waals surface area contributed by atoms with Gasteiger partial charge in [-0.05, 0) is 49.8 Å². The summed E-state index contributed by atoms with van der Waals surface area (Å²) >= 11 is 0. The van der Waals surface area contributed by atoms with Crippen LogP contribution < -0.4 is 5.63 Å². The van der Waals surface area contributed by atoms with Crippen molar-refractivity contribution < 1.29 is 23.1 Å². The van der Waals surface area contributed by atoms with Crippen LogP contribution in [-0.4, -0.2) is 23.8 Å². The molecule has 0 aromatic carbocycles. The van der Waals surface area contributed by atoms with Gasteiger partial charge in [0.05, 0.1) is 12.4 Å². The Balaban J connectivity index is 1.52. The number of ether oxygens (including phenoxy) is 2. The van der Waals surface area contributed by atoms with E-state index in [9.17, 15) is 9.59 Å². The van der Waals surface area contributed by atoms with E-state index in [1.54, 1.807) is 30.5 Å². The average Bonchev–Trinajstić information content (AvgIpc) is 3.12. The Morgan fingerprint density at radius 3 is 2.89 bits per heavy atom. The second-order valence-electron chi connectivity index (χ2n) is 7.24. The molecule has 0 spiro atoms. The minimum absolute atomic E-state index is 0.188. The van der Waals surface area contributed by atoms with Gasteiger partial charge in [0, 0.05) is 30.5 Å². The van der Waals surface area contributed by atoms with Gasteiger partial charge in [-0.2, -0.15) is 0 Å². The third-order valence-corrected chi connectivity index (χ3v) is 4.90. The van der Waals surface area contributed by atoms with Crippen molar-refractivity contribution in [3.8, 4) is 0 Å². The van der Waals surface area contributed by atoms with E-state index in [1.165, 1.54) is 12.1 Å². The molecule has 1 aliphatic carbocycles. The monoisotopic (exact) mass is 368 g/mol. The van der Waals surface area contributed by atoms with E-state index in [-0.39, 0.29) is 11.7 Å². The summed E-state index contributed by atoms with van der Waals surface area (Å²) < 4.78 is 22.3. The van der Waals surface area contributed by atoms with Gasteiger partial charge in [0.1, 0.15) is 23.2 Å². The molecule has 140 valence electrons. The Kier molecular flexibility index (Phi) is 4.36. The highest BCUT2D eigenvalue weighted by Gasteiger charge is 2.44. The molecule has 0 saturated carbocycles. The van der Waals surface area contributed by atoms with Crippen molar-refractivity contribution in [2.24, 2.45) is 0 Å². The Hall–Kier alpha value is -2.86. The van der Waals surface area contributed by atoms with Crippen LogP contribution in [0, 0.1) is 0 Å². The second-order valence-corrected chi connectivity index (χ2v) is 7.24. The van der Waals surface area contributed by atoms with E-state index in [0.29, 0.717) is 24.4 Å². The van der Waals surface area contributed by atoms with Gasteiger partial charge in [-0.15, -0.1) is 0 Å². The van der Waals surface area contributed by atoms with Crippen LogP contribution >= 0.6 is 0 Å². The van der Waals surface area contributed by atoms with E-state index in [2.05, 4.69) is 0 Å². The maximum absolute atomic E-state index is 12.2. The lowest BCUT2D eigenvalue weighted by Gasteiger charge is -2.44. The average molecular weight is 368 g/mol. The van der Waals surface area contributed by atoms with Crippen molar-refractivity contribution in [1.29, 1.82) is 0 Å². The summed E-state index contributed by atoms with van der Waals surface area (Å²) in [5.41, 5.74) is 0.870. The molecule has 0 bridgehead atoms. The van der Waals surface area contributed by atoms with Crippen molar-refractivity contribution in [2.45, 2.75) is 44.5 Å². The van der Waals surface area contributed by atoms with Crippen molar-refractivity contribution >= 4 is 18.1 Å². The highest BCUT2D eigenvalue weighted by Crippen LogP contribution is 2.39. The van der Waals surface area contributed by atoms with Gasteiger partial charge in [-0.1, -0.05) is 0 Å². The lowest BCUT2D eigenvalue weighted by atomic mass is 9.83. The fourth-order valence-corrected chi connectivity index (χ4v) is 3.45. The van der Waals surface area contributed by atoms with Gasteiger partial charge in [-0.3, -0.25) is 0 Å². The van der Waals surface area contributed by atoms with Crippen LogP contribution in [0.3, 0.4) is 0 Å². The number of carbonyl (C=O) groups excluding carboxylic acids is 1. The minimum atomic E-state index is -0.664. The molecule has 0 radical (unpaired) electrons. The summed E-state index contributed by atoms with van der Waals surface area (Å²) in [6.07, 6.45) is 6.87. The summed E-state index contributed by atoms with van der Waals surface area (Å²) in [6.45, 7) is 3.79. The lowest BCUT2D eigenvalue weighted by molar-refractivity contribution is -0.180. The standard InChI is InChI=1S/C21H20O6/c1-21(2)18(26-20(23)8-6-15-4-3-9-24-15)11-14-10-13-5-7-19(22)25-16(13)12-17(14)27-21/h3-10,17-18H,11-12H2,1-2H3/b8-6+/t17?,18-/m0/s1. The van der Waals surface area contributed by atoms with E-state index in [4.69, 9.17) is 18.3 Å². The van der Waals surface area contributed by atoms with Gasteiger partial charge in [-0.25, -0.2) is 9.59 Å². The predicted molar refractivity (Wildman–Crippen MR) is 97.9 cm³/mol. The lowest BCUT2D eigenvalue weighted by Crippen LogP contribution is -2.50. The normalized spacial score (nSPS) is 23.4. The van der Waals surface area contributed by atoms with Gasteiger partial charge in [0.2, 0.25) is 0 Å². The molecule has 3 heterocycles. The summed E-state index contributed by atoms with van der Waals surface area (Å²) in [4.78, 5) is 23.7.